The minimum atomic E-state index is -0.313. The van der Waals surface area contributed by atoms with Crippen LogP contribution in [0.2, 0.25) is 0 Å². The first kappa shape index (κ1) is 16.4. The summed E-state index contributed by atoms with van der Waals surface area (Å²) in [5.74, 6) is 1.53. The molecule has 0 saturated carbocycles. The summed E-state index contributed by atoms with van der Waals surface area (Å²) in [6.45, 7) is 0.537. The molecular weight excluding hydrogens is 300 g/mol. The second-order valence-corrected chi connectivity index (χ2v) is 5.20. The van der Waals surface area contributed by atoms with Gasteiger partial charge in [-0.3, -0.25) is 0 Å². The molecule has 2 aromatic carbocycles. The first-order chi connectivity index (χ1) is 10.8. The first-order valence-corrected chi connectivity index (χ1v) is 7.70. The lowest BCUT2D eigenvalue weighted by molar-refractivity contribution is -0.108. The van der Waals surface area contributed by atoms with Crippen LogP contribution in [-0.2, 0) is 4.79 Å². The Morgan fingerprint density at radius 3 is 2.50 bits per heavy atom. The van der Waals surface area contributed by atoms with Gasteiger partial charge in [-0.05, 0) is 29.7 Å². The summed E-state index contributed by atoms with van der Waals surface area (Å²) in [6, 6.07) is 15.2. The number of rotatable bonds is 8. The largest absolute Gasteiger partial charge is 0.493 e. The second kappa shape index (κ2) is 8.44. The standard InChI is InChI=1S/C18H19ClO3/c1-21-18-12-15(8-9-17(18)22-11-5-10-19)16(13-20)14-6-3-2-4-7-14/h2-4,6-9,12-13,16H,5,10-11H2,1H3. The van der Waals surface area contributed by atoms with Gasteiger partial charge in [-0.2, -0.15) is 0 Å². The molecule has 116 valence electrons. The van der Waals surface area contributed by atoms with Gasteiger partial charge in [0.2, 0.25) is 0 Å². The topological polar surface area (TPSA) is 35.5 Å². The molecule has 0 aliphatic heterocycles. The van der Waals surface area contributed by atoms with Gasteiger partial charge in [0.25, 0.3) is 0 Å². The molecule has 0 aliphatic carbocycles. The van der Waals surface area contributed by atoms with Gasteiger partial charge in [-0.1, -0.05) is 36.4 Å². The highest BCUT2D eigenvalue weighted by Gasteiger charge is 2.15. The Labute approximate surface area is 135 Å². The number of carbonyl (C=O) groups is 1. The molecule has 1 unspecified atom stereocenters. The van der Waals surface area contributed by atoms with Crippen LogP contribution >= 0.6 is 11.6 Å². The monoisotopic (exact) mass is 318 g/mol. The minimum absolute atomic E-state index is 0.313. The fourth-order valence-corrected chi connectivity index (χ4v) is 2.35. The Kier molecular flexibility index (Phi) is 6.28. The van der Waals surface area contributed by atoms with Gasteiger partial charge in [0.05, 0.1) is 19.6 Å². The van der Waals surface area contributed by atoms with Crippen molar-refractivity contribution in [3.63, 3.8) is 0 Å². The number of alkyl halides is 1. The zero-order valence-electron chi connectivity index (χ0n) is 12.5. The molecule has 3 nitrogen and oxygen atoms in total. The summed E-state index contributed by atoms with van der Waals surface area (Å²) >= 11 is 5.64. The van der Waals surface area contributed by atoms with E-state index >= 15 is 0 Å². The summed E-state index contributed by atoms with van der Waals surface area (Å²) in [4.78, 5) is 11.5. The fraction of sp³-hybridized carbons (Fsp3) is 0.278. The molecule has 0 spiro atoms. The number of hydrogen-bond donors (Lipinski definition) is 0. The number of hydrogen-bond acceptors (Lipinski definition) is 3. The van der Waals surface area contributed by atoms with Crippen molar-refractivity contribution < 1.29 is 14.3 Å². The maximum absolute atomic E-state index is 11.5. The molecule has 0 radical (unpaired) electrons. The highest BCUT2D eigenvalue weighted by atomic mass is 35.5. The molecule has 0 heterocycles. The summed E-state index contributed by atoms with van der Waals surface area (Å²) < 4.78 is 11.0. The van der Waals surface area contributed by atoms with E-state index in [2.05, 4.69) is 0 Å². The third-order valence-electron chi connectivity index (χ3n) is 3.38. The molecule has 0 aliphatic rings. The van der Waals surface area contributed by atoms with Crippen LogP contribution in [0, 0.1) is 0 Å². The summed E-state index contributed by atoms with van der Waals surface area (Å²) in [6.07, 6.45) is 1.71. The van der Waals surface area contributed by atoms with Gasteiger partial charge in [0, 0.05) is 5.88 Å². The van der Waals surface area contributed by atoms with Crippen molar-refractivity contribution in [2.75, 3.05) is 19.6 Å². The van der Waals surface area contributed by atoms with Crippen LogP contribution in [0.25, 0.3) is 0 Å². The van der Waals surface area contributed by atoms with Crippen LogP contribution in [0.3, 0.4) is 0 Å². The molecule has 0 N–H and O–H groups in total. The Hall–Kier alpha value is -2.00. The van der Waals surface area contributed by atoms with E-state index in [0.717, 1.165) is 23.8 Å². The lowest BCUT2D eigenvalue weighted by atomic mass is 9.92. The zero-order valence-corrected chi connectivity index (χ0v) is 13.3. The Bertz CT molecular complexity index is 599. The SMILES string of the molecule is COc1cc(C(C=O)c2ccccc2)ccc1OCCCCl. The van der Waals surface area contributed by atoms with Crippen LogP contribution in [0.1, 0.15) is 23.5 Å². The quantitative estimate of drug-likeness (QED) is 0.419. The van der Waals surface area contributed by atoms with Crippen molar-refractivity contribution in [2.24, 2.45) is 0 Å². The number of methoxy groups -OCH3 is 1. The van der Waals surface area contributed by atoms with Gasteiger partial charge < -0.3 is 14.3 Å². The zero-order chi connectivity index (χ0) is 15.8. The van der Waals surface area contributed by atoms with Crippen LogP contribution in [-0.4, -0.2) is 25.9 Å². The molecule has 0 fully saturated rings. The Morgan fingerprint density at radius 1 is 1.09 bits per heavy atom. The molecule has 0 saturated heterocycles. The van der Waals surface area contributed by atoms with Crippen LogP contribution in [0.15, 0.2) is 48.5 Å². The molecule has 0 amide bonds. The van der Waals surface area contributed by atoms with Crippen molar-refractivity contribution in [2.45, 2.75) is 12.3 Å². The number of benzene rings is 2. The van der Waals surface area contributed by atoms with Gasteiger partial charge in [0.15, 0.2) is 11.5 Å². The van der Waals surface area contributed by atoms with Crippen LogP contribution in [0.4, 0.5) is 0 Å². The Morgan fingerprint density at radius 2 is 1.86 bits per heavy atom. The van der Waals surface area contributed by atoms with E-state index in [1.54, 1.807) is 7.11 Å². The predicted molar refractivity (Wildman–Crippen MR) is 88.2 cm³/mol. The van der Waals surface area contributed by atoms with Crippen molar-refractivity contribution in [1.29, 1.82) is 0 Å². The van der Waals surface area contributed by atoms with E-state index in [-0.39, 0.29) is 5.92 Å². The maximum Gasteiger partial charge on any atom is 0.161 e. The number of halogens is 1. The number of ether oxygens (including phenoxy) is 2. The fourth-order valence-electron chi connectivity index (χ4n) is 2.24. The van der Waals surface area contributed by atoms with E-state index in [0.29, 0.717) is 24.0 Å². The summed E-state index contributed by atoms with van der Waals surface area (Å²) in [7, 11) is 1.59. The molecule has 4 heteroatoms. The van der Waals surface area contributed by atoms with Crippen molar-refractivity contribution in [3.05, 3.63) is 59.7 Å². The van der Waals surface area contributed by atoms with Crippen molar-refractivity contribution >= 4 is 17.9 Å². The van der Waals surface area contributed by atoms with Gasteiger partial charge >= 0.3 is 0 Å². The molecule has 22 heavy (non-hydrogen) atoms. The second-order valence-electron chi connectivity index (χ2n) is 4.83. The lowest BCUT2D eigenvalue weighted by Gasteiger charge is -2.15. The number of carbonyl (C=O) groups excluding carboxylic acids is 1. The average molecular weight is 319 g/mol. The highest BCUT2D eigenvalue weighted by Crippen LogP contribution is 2.32. The highest BCUT2D eigenvalue weighted by molar-refractivity contribution is 6.17. The third kappa shape index (κ3) is 4.01. The molecular formula is C18H19ClO3. The van der Waals surface area contributed by atoms with Crippen molar-refractivity contribution in [3.8, 4) is 11.5 Å². The van der Waals surface area contributed by atoms with Crippen LogP contribution < -0.4 is 9.47 Å². The third-order valence-corrected chi connectivity index (χ3v) is 3.64. The lowest BCUT2D eigenvalue weighted by Crippen LogP contribution is -2.04. The van der Waals surface area contributed by atoms with Crippen LogP contribution in [0.5, 0.6) is 11.5 Å². The average Bonchev–Trinajstić information content (AvgIpc) is 2.57. The van der Waals surface area contributed by atoms with E-state index < -0.39 is 0 Å². The summed E-state index contributed by atoms with van der Waals surface area (Å²) in [5, 5.41) is 0. The normalized spacial score (nSPS) is 11.7. The van der Waals surface area contributed by atoms with E-state index in [1.165, 1.54) is 0 Å². The molecule has 2 rings (SSSR count). The predicted octanol–water partition coefficient (Wildman–Crippen LogP) is 4.03. The van der Waals surface area contributed by atoms with Gasteiger partial charge in [-0.25, -0.2) is 0 Å². The van der Waals surface area contributed by atoms with Crippen molar-refractivity contribution in [1.82, 2.24) is 0 Å². The molecule has 0 bridgehead atoms. The van der Waals surface area contributed by atoms with E-state index in [4.69, 9.17) is 21.1 Å². The maximum atomic E-state index is 11.5. The Balaban J connectivity index is 2.25. The van der Waals surface area contributed by atoms with Gasteiger partial charge in [0.1, 0.15) is 6.29 Å². The molecule has 0 aromatic heterocycles. The van der Waals surface area contributed by atoms with Gasteiger partial charge in [-0.15, -0.1) is 11.6 Å². The molecule has 2 aromatic rings. The number of aldehydes is 1. The smallest absolute Gasteiger partial charge is 0.161 e. The molecule has 1 atom stereocenters. The summed E-state index contributed by atoms with van der Waals surface area (Å²) in [5.41, 5.74) is 1.83. The minimum Gasteiger partial charge on any atom is -0.493 e. The van der Waals surface area contributed by atoms with E-state index in [1.807, 2.05) is 48.5 Å². The first-order valence-electron chi connectivity index (χ1n) is 7.17. The van der Waals surface area contributed by atoms with E-state index in [9.17, 15) is 4.79 Å².